The quantitative estimate of drug-likeness (QED) is 0.644. The van der Waals surface area contributed by atoms with Gasteiger partial charge in [-0.05, 0) is 60.7 Å². The maximum atomic E-state index is 13.0. The minimum absolute atomic E-state index is 0.149. The number of hydrogen-bond donors (Lipinski definition) is 1. The number of allylic oxidation sites excluding steroid dienone is 2. The highest BCUT2D eigenvalue weighted by Gasteiger charge is 2.59. The molecule has 1 heterocycles. The molecule has 3 aliphatic rings. The van der Waals surface area contributed by atoms with Crippen LogP contribution < -0.4 is 15.0 Å². The number of rotatable bonds is 4. The van der Waals surface area contributed by atoms with E-state index in [4.69, 9.17) is 4.74 Å². The molecule has 2 bridgehead atoms. The minimum Gasteiger partial charge on any atom is -0.497 e. The monoisotopic (exact) mass is 388 g/mol. The lowest BCUT2D eigenvalue weighted by atomic mass is 9.85. The molecule has 2 aromatic rings. The van der Waals surface area contributed by atoms with Gasteiger partial charge in [0, 0.05) is 11.3 Å². The zero-order chi connectivity index (χ0) is 20.1. The van der Waals surface area contributed by atoms with Gasteiger partial charge in [-0.3, -0.25) is 14.4 Å². The molecular formula is C23H20N2O4. The first kappa shape index (κ1) is 17.7. The Kier molecular flexibility index (Phi) is 4.01. The van der Waals surface area contributed by atoms with E-state index in [2.05, 4.69) is 17.5 Å². The molecule has 146 valence electrons. The summed E-state index contributed by atoms with van der Waals surface area (Å²) in [5.74, 6) is -0.0956. The smallest absolute Gasteiger partial charge is 0.255 e. The van der Waals surface area contributed by atoms with Crippen molar-refractivity contribution in [1.82, 2.24) is 0 Å². The number of anilines is 2. The van der Waals surface area contributed by atoms with Crippen LogP contribution in [0.25, 0.3) is 0 Å². The SMILES string of the molecule is COc1ccc(NC(=O)c2cccc(N3C(=O)C4C5C=CC(C5)C4C3=O)c2)cc1. The molecule has 1 aliphatic heterocycles. The Balaban J connectivity index is 1.38. The maximum absolute atomic E-state index is 13.0. The van der Waals surface area contributed by atoms with Crippen molar-refractivity contribution in [1.29, 1.82) is 0 Å². The summed E-state index contributed by atoms with van der Waals surface area (Å²) in [6.07, 6.45) is 5.03. The van der Waals surface area contributed by atoms with Crippen molar-refractivity contribution in [2.24, 2.45) is 23.7 Å². The average Bonchev–Trinajstić information content (AvgIpc) is 3.42. The molecule has 0 radical (unpaired) electrons. The van der Waals surface area contributed by atoms with Crippen molar-refractivity contribution in [2.45, 2.75) is 6.42 Å². The summed E-state index contributed by atoms with van der Waals surface area (Å²) in [6.45, 7) is 0. The van der Waals surface area contributed by atoms with Crippen LogP contribution in [0, 0.1) is 23.7 Å². The van der Waals surface area contributed by atoms with E-state index in [0.717, 1.165) is 6.42 Å². The number of methoxy groups -OCH3 is 1. The molecule has 4 atom stereocenters. The molecule has 6 nitrogen and oxygen atoms in total. The fraction of sp³-hybridized carbons (Fsp3) is 0.261. The Labute approximate surface area is 168 Å². The van der Waals surface area contributed by atoms with Crippen molar-refractivity contribution in [3.63, 3.8) is 0 Å². The highest BCUT2D eigenvalue weighted by atomic mass is 16.5. The van der Waals surface area contributed by atoms with Gasteiger partial charge >= 0.3 is 0 Å². The second-order valence-corrected chi connectivity index (χ2v) is 7.74. The molecule has 3 amide bonds. The van der Waals surface area contributed by atoms with E-state index < -0.39 is 0 Å². The first-order chi connectivity index (χ1) is 14.1. The molecule has 2 aliphatic carbocycles. The molecular weight excluding hydrogens is 368 g/mol. The second-order valence-electron chi connectivity index (χ2n) is 7.74. The molecule has 29 heavy (non-hydrogen) atoms. The molecule has 2 fully saturated rings. The standard InChI is InChI=1S/C23H20N2O4/c1-29-18-9-7-16(8-10-18)24-21(26)15-3-2-4-17(12-15)25-22(27)19-13-5-6-14(11-13)20(19)23(25)28/h2-10,12-14,19-20H,11H2,1H3,(H,24,26). The number of carbonyl (C=O) groups excluding carboxylic acids is 3. The lowest BCUT2D eigenvalue weighted by Crippen LogP contribution is -2.33. The number of fused-ring (bicyclic) bond motifs is 5. The summed E-state index contributed by atoms with van der Waals surface area (Å²) in [6, 6.07) is 13.7. The molecule has 5 rings (SSSR count). The van der Waals surface area contributed by atoms with Crippen LogP contribution in [0.3, 0.4) is 0 Å². The van der Waals surface area contributed by atoms with Crippen LogP contribution in [-0.4, -0.2) is 24.8 Å². The first-order valence-electron chi connectivity index (χ1n) is 9.68. The predicted molar refractivity (Wildman–Crippen MR) is 108 cm³/mol. The van der Waals surface area contributed by atoms with Crippen LogP contribution >= 0.6 is 0 Å². The molecule has 1 saturated heterocycles. The van der Waals surface area contributed by atoms with Gasteiger partial charge in [-0.2, -0.15) is 0 Å². The number of nitrogens with zero attached hydrogens (tertiary/aromatic N) is 1. The minimum atomic E-state index is -0.307. The second kappa shape index (κ2) is 6.58. The third-order valence-corrected chi connectivity index (χ3v) is 6.18. The van der Waals surface area contributed by atoms with Gasteiger partial charge in [0.05, 0.1) is 24.6 Å². The predicted octanol–water partition coefficient (Wildman–Crippen LogP) is 3.26. The Morgan fingerprint density at radius 2 is 1.66 bits per heavy atom. The van der Waals surface area contributed by atoms with Gasteiger partial charge in [0.2, 0.25) is 11.8 Å². The van der Waals surface area contributed by atoms with Crippen LogP contribution in [0.4, 0.5) is 11.4 Å². The largest absolute Gasteiger partial charge is 0.497 e. The Bertz CT molecular complexity index is 1010. The third kappa shape index (κ3) is 2.75. The summed E-state index contributed by atoms with van der Waals surface area (Å²) in [5.41, 5.74) is 1.47. The molecule has 1 N–H and O–H groups in total. The lowest BCUT2D eigenvalue weighted by Gasteiger charge is -2.18. The zero-order valence-corrected chi connectivity index (χ0v) is 15.9. The highest BCUT2D eigenvalue weighted by molar-refractivity contribution is 6.23. The van der Waals surface area contributed by atoms with Gasteiger partial charge in [-0.15, -0.1) is 0 Å². The average molecular weight is 388 g/mol. The first-order valence-corrected chi connectivity index (χ1v) is 9.68. The summed E-state index contributed by atoms with van der Waals surface area (Å²) in [4.78, 5) is 39.9. The number of benzene rings is 2. The number of carbonyl (C=O) groups is 3. The van der Waals surface area contributed by atoms with Gasteiger partial charge in [0.25, 0.3) is 5.91 Å². The number of ether oxygens (including phenoxy) is 1. The van der Waals surface area contributed by atoms with Gasteiger partial charge in [-0.1, -0.05) is 18.2 Å². The van der Waals surface area contributed by atoms with E-state index in [0.29, 0.717) is 22.7 Å². The Morgan fingerprint density at radius 3 is 2.28 bits per heavy atom. The molecule has 6 heteroatoms. The van der Waals surface area contributed by atoms with Crippen LogP contribution in [0.5, 0.6) is 5.75 Å². The Morgan fingerprint density at radius 1 is 1.00 bits per heavy atom. The van der Waals surface area contributed by atoms with Gasteiger partial charge < -0.3 is 10.1 Å². The fourth-order valence-corrected chi connectivity index (χ4v) is 4.82. The van der Waals surface area contributed by atoms with E-state index in [-0.39, 0.29) is 41.4 Å². The maximum Gasteiger partial charge on any atom is 0.255 e. The van der Waals surface area contributed by atoms with Crippen molar-refractivity contribution >= 4 is 29.1 Å². The van der Waals surface area contributed by atoms with Crippen LogP contribution in [0.15, 0.2) is 60.7 Å². The van der Waals surface area contributed by atoms with Crippen molar-refractivity contribution < 1.29 is 19.1 Å². The van der Waals surface area contributed by atoms with E-state index in [1.165, 1.54) is 4.90 Å². The topological polar surface area (TPSA) is 75.7 Å². The third-order valence-electron chi connectivity index (χ3n) is 6.18. The van der Waals surface area contributed by atoms with Gasteiger partial charge in [0.1, 0.15) is 5.75 Å². The van der Waals surface area contributed by atoms with E-state index in [1.54, 1.807) is 55.6 Å². The summed E-state index contributed by atoms with van der Waals surface area (Å²) in [7, 11) is 1.58. The van der Waals surface area contributed by atoms with Crippen molar-refractivity contribution in [2.75, 3.05) is 17.3 Å². The molecule has 0 aromatic heterocycles. The van der Waals surface area contributed by atoms with Crippen LogP contribution in [0.2, 0.25) is 0 Å². The molecule has 2 aromatic carbocycles. The summed E-state index contributed by atoms with van der Waals surface area (Å²) in [5, 5.41) is 2.82. The molecule has 1 saturated carbocycles. The van der Waals surface area contributed by atoms with Crippen molar-refractivity contribution in [3.05, 3.63) is 66.2 Å². The van der Waals surface area contributed by atoms with Gasteiger partial charge in [0.15, 0.2) is 0 Å². The van der Waals surface area contributed by atoms with Gasteiger partial charge in [-0.25, -0.2) is 4.90 Å². The van der Waals surface area contributed by atoms with E-state index in [9.17, 15) is 14.4 Å². The Hall–Kier alpha value is -3.41. The normalized spacial score (nSPS) is 26.7. The van der Waals surface area contributed by atoms with Crippen molar-refractivity contribution in [3.8, 4) is 5.75 Å². The number of imide groups is 1. The van der Waals surface area contributed by atoms with Crippen LogP contribution in [0.1, 0.15) is 16.8 Å². The zero-order valence-electron chi connectivity index (χ0n) is 15.9. The van der Waals surface area contributed by atoms with Crippen LogP contribution in [-0.2, 0) is 9.59 Å². The number of hydrogen-bond acceptors (Lipinski definition) is 4. The summed E-state index contributed by atoms with van der Waals surface area (Å²) < 4.78 is 5.12. The lowest BCUT2D eigenvalue weighted by molar-refractivity contribution is -0.123. The molecule has 0 spiro atoms. The van der Waals surface area contributed by atoms with E-state index >= 15 is 0 Å². The fourth-order valence-electron chi connectivity index (χ4n) is 4.82. The number of amides is 3. The van der Waals surface area contributed by atoms with E-state index in [1.807, 2.05) is 0 Å². The number of nitrogens with one attached hydrogen (secondary N) is 1. The summed E-state index contributed by atoms with van der Waals surface area (Å²) >= 11 is 0. The highest BCUT2D eigenvalue weighted by Crippen LogP contribution is 2.53. The molecule has 4 unspecified atom stereocenters.